The van der Waals surface area contributed by atoms with Gasteiger partial charge in [0, 0.05) is 72.7 Å². The summed E-state index contributed by atoms with van der Waals surface area (Å²) in [5.41, 5.74) is 4.74. The van der Waals surface area contributed by atoms with E-state index in [-0.39, 0.29) is 29.3 Å². The van der Waals surface area contributed by atoms with Crippen LogP contribution >= 0.6 is 11.6 Å². The molecule has 0 saturated carbocycles. The van der Waals surface area contributed by atoms with Crippen molar-refractivity contribution in [1.82, 2.24) is 25.1 Å². The number of aromatic amines is 1. The summed E-state index contributed by atoms with van der Waals surface area (Å²) < 4.78 is 35.5. The molecule has 58 heavy (non-hydrogen) atoms. The van der Waals surface area contributed by atoms with Crippen LogP contribution in [0.1, 0.15) is 22.3 Å². The van der Waals surface area contributed by atoms with Crippen LogP contribution in [0.4, 0.5) is 17.1 Å². The minimum atomic E-state index is -4.54. The van der Waals surface area contributed by atoms with E-state index in [1.807, 2.05) is 48.5 Å². The van der Waals surface area contributed by atoms with Crippen molar-refractivity contribution in [3.8, 4) is 22.6 Å². The van der Waals surface area contributed by atoms with E-state index in [4.69, 9.17) is 21.4 Å². The van der Waals surface area contributed by atoms with Crippen molar-refractivity contribution in [1.29, 1.82) is 0 Å². The Morgan fingerprint density at radius 1 is 0.862 bits per heavy atom. The van der Waals surface area contributed by atoms with Crippen LogP contribution < -0.4 is 35.5 Å². The topological polar surface area (TPSA) is 200 Å². The molecule has 1 aromatic heterocycles. The van der Waals surface area contributed by atoms with Gasteiger partial charge in [-0.25, -0.2) is 18.3 Å². The van der Waals surface area contributed by atoms with Gasteiger partial charge in [0.25, 0.3) is 15.9 Å². The second-order valence-electron chi connectivity index (χ2n) is 13.6. The number of aliphatic hydroxyl groups excluding tert-OH is 1. The van der Waals surface area contributed by atoms with Gasteiger partial charge in [0.1, 0.15) is 18.5 Å². The van der Waals surface area contributed by atoms with Gasteiger partial charge in [-0.1, -0.05) is 48.0 Å². The van der Waals surface area contributed by atoms with Gasteiger partial charge >= 0.3 is 0 Å². The molecule has 1 unspecified atom stereocenters. The van der Waals surface area contributed by atoms with Crippen LogP contribution in [0, 0.1) is 5.21 Å². The number of quaternary nitrogens is 1. The van der Waals surface area contributed by atoms with Crippen LogP contribution in [0.15, 0.2) is 120 Å². The first-order chi connectivity index (χ1) is 27.9. The second-order valence-corrected chi connectivity index (χ2v) is 15.7. The van der Waals surface area contributed by atoms with Crippen molar-refractivity contribution in [3.05, 3.63) is 137 Å². The Morgan fingerprint density at radius 3 is 2.47 bits per heavy atom. The van der Waals surface area contributed by atoms with Crippen molar-refractivity contribution in [3.63, 3.8) is 0 Å². The number of sulfonamides is 1. The molecular formula is C42H46ClN7O7S. The molecule has 0 aliphatic carbocycles. The quantitative estimate of drug-likeness (QED) is 0.0229. The van der Waals surface area contributed by atoms with Gasteiger partial charge in [-0.15, -0.1) is 0 Å². The van der Waals surface area contributed by atoms with Crippen LogP contribution in [0.5, 0.6) is 11.5 Å². The summed E-state index contributed by atoms with van der Waals surface area (Å²) in [7, 11) is -3.60. The average Bonchev–Trinajstić information content (AvgIpc) is 3.67. The third-order valence-electron chi connectivity index (χ3n) is 9.19. The summed E-state index contributed by atoms with van der Waals surface area (Å²) in [6.07, 6.45) is 2.42. The first-order valence-corrected chi connectivity index (χ1v) is 20.5. The molecule has 8 N–H and O–H groups in total. The number of anilines is 2. The third kappa shape index (κ3) is 11.1. The number of amides is 1. The Balaban J connectivity index is 1.16. The lowest BCUT2D eigenvalue weighted by Gasteiger charge is -2.30. The molecule has 16 heteroatoms. The van der Waals surface area contributed by atoms with E-state index in [0.717, 1.165) is 40.7 Å². The molecule has 14 nitrogen and oxygen atoms in total. The zero-order valence-electron chi connectivity index (χ0n) is 31.8. The van der Waals surface area contributed by atoms with Crippen molar-refractivity contribution in [2.75, 3.05) is 57.0 Å². The Kier molecular flexibility index (Phi) is 14.0. The number of hydroxylamine groups is 2. The largest absolute Gasteiger partial charge is 0.593 e. The number of fused-ring (bicyclic) bond motifs is 1. The number of aromatic nitrogens is 1. The highest BCUT2D eigenvalue weighted by Crippen LogP contribution is 2.33. The zero-order chi connectivity index (χ0) is 41.1. The van der Waals surface area contributed by atoms with Crippen LogP contribution in [-0.4, -0.2) is 76.0 Å². The minimum absolute atomic E-state index is 0.00409. The number of rotatable bonds is 20. The Labute approximate surface area is 342 Å². The maximum atomic E-state index is 13.7. The summed E-state index contributed by atoms with van der Waals surface area (Å²) in [5, 5.41) is 46.4. The van der Waals surface area contributed by atoms with E-state index >= 15 is 0 Å². The molecule has 0 spiro atoms. The molecule has 5 aromatic carbocycles. The highest BCUT2D eigenvalue weighted by atomic mass is 35.5. The molecule has 6 aromatic rings. The van der Waals surface area contributed by atoms with E-state index in [1.165, 1.54) is 18.2 Å². The van der Waals surface area contributed by atoms with Crippen molar-refractivity contribution in [2.45, 2.75) is 17.9 Å². The SMILES string of the molecule is C[N+]([O-])(O)c1cc(S(=O)(=O)NC(=O)c2ccc(NCCNCc3ccccc3-c3ccc(Cl)cc3)cc2Oc2ccc3[nH]ccc3c2)ccc1NCCCNCCO. The number of ether oxygens (including phenoxy) is 1. The second kappa shape index (κ2) is 19.3. The summed E-state index contributed by atoms with van der Waals surface area (Å²) in [5.74, 6) is -0.437. The molecule has 0 radical (unpaired) electrons. The molecule has 0 saturated heterocycles. The number of hydrogen-bond acceptors (Lipinski definition) is 11. The molecule has 304 valence electrons. The monoisotopic (exact) mass is 827 g/mol. The summed E-state index contributed by atoms with van der Waals surface area (Å²) in [6.45, 7) is 3.18. The molecule has 0 bridgehead atoms. The lowest BCUT2D eigenvalue weighted by atomic mass is 10.00. The van der Waals surface area contributed by atoms with E-state index in [2.05, 4.69) is 43.1 Å². The van der Waals surface area contributed by atoms with E-state index in [1.54, 1.807) is 30.5 Å². The highest BCUT2D eigenvalue weighted by Gasteiger charge is 2.26. The van der Waals surface area contributed by atoms with Gasteiger partial charge in [0.2, 0.25) is 0 Å². The van der Waals surface area contributed by atoms with Crippen molar-refractivity contribution in [2.24, 2.45) is 0 Å². The van der Waals surface area contributed by atoms with Crippen LogP contribution in [-0.2, 0) is 16.6 Å². The molecular weight excluding hydrogens is 782 g/mol. The number of aliphatic hydroxyl groups is 1. The molecule has 1 atom stereocenters. The predicted octanol–water partition coefficient (Wildman–Crippen LogP) is 6.81. The summed E-state index contributed by atoms with van der Waals surface area (Å²) in [6, 6.07) is 31.5. The molecule has 1 heterocycles. The standard InChI is InChI=1S/C42H46ClN7O7S/c1-50(53,54)40-27-35(13-16-39(40)47-19-4-18-44-23-24-51)58(55,56)49-42(52)37-14-11-33(26-41(37)57-34-12-15-38-30(25-34)17-20-48-38)46-22-21-45-28-31-5-2-3-6-36(31)29-7-9-32(43)10-8-29/h2-3,5-17,20,25-27,44-48,51,53H,4,18-19,21-24,28H2,1H3,(H,49,52). The minimum Gasteiger partial charge on any atom is -0.593 e. The normalized spacial score (nSPS) is 12.6. The smallest absolute Gasteiger partial charge is 0.268 e. The average molecular weight is 828 g/mol. The van der Waals surface area contributed by atoms with Gasteiger partial charge in [0.15, 0.2) is 5.69 Å². The van der Waals surface area contributed by atoms with Gasteiger partial charge in [-0.2, -0.15) is 4.81 Å². The number of nitrogens with zero attached hydrogens (tertiary/aromatic N) is 1. The predicted molar refractivity (Wildman–Crippen MR) is 229 cm³/mol. The Hall–Kier alpha value is -5.49. The number of benzene rings is 5. The Morgan fingerprint density at radius 2 is 1.67 bits per heavy atom. The van der Waals surface area contributed by atoms with Crippen LogP contribution in [0.25, 0.3) is 22.0 Å². The van der Waals surface area contributed by atoms with E-state index in [0.29, 0.717) is 62.1 Å². The maximum Gasteiger partial charge on any atom is 0.268 e. The molecule has 0 aliphatic heterocycles. The fourth-order valence-corrected chi connectivity index (χ4v) is 7.39. The fraction of sp³-hybridized carbons (Fsp3) is 0.214. The lowest BCUT2D eigenvalue weighted by molar-refractivity contribution is -0.00400. The lowest BCUT2D eigenvalue weighted by Crippen LogP contribution is -2.35. The number of carbonyl (C=O) groups is 1. The Bertz CT molecular complexity index is 2440. The summed E-state index contributed by atoms with van der Waals surface area (Å²) >= 11 is 6.10. The number of carbonyl (C=O) groups excluding carboxylic acids is 1. The number of hydrogen-bond donors (Lipinski definition) is 8. The molecule has 6 rings (SSSR count). The highest BCUT2D eigenvalue weighted by molar-refractivity contribution is 7.90. The van der Waals surface area contributed by atoms with Crippen molar-refractivity contribution < 1.29 is 28.3 Å². The number of nitrogens with one attached hydrogen (secondary N) is 6. The van der Waals surface area contributed by atoms with Gasteiger partial charge in [-0.3, -0.25) is 4.79 Å². The molecule has 1 amide bonds. The van der Waals surface area contributed by atoms with E-state index in [9.17, 15) is 23.6 Å². The maximum absolute atomic E-state index is 13.7. The van der Waals surface area contributed by atoms with Gasteiger partial charge in [0.05, 0.1) is 22.8 Å². The van der Waals surface area contributed by atoms with Crippen LogP contribution in [0.3, 0.4) is 0 Å². The van der Waals surface area contributed by atoms with E-state index < -0.39 is 25.6 Å². The molecule has 0 fully saturated rings. The zero-order valence-corrected chi connectivity index (χ0v) is 33.4. The van der Waals surface area contributed by atoms with Crippen LogP contribution in [0.2, 0.25) is 5.02 Å². The van der Waals surface area contributed by atoms with Gasteiger partial charge < -0.3 is 41.3 Å². The fourth-order valence-electron chi connectivity index (χ4n) is 6.28. The first kappa shape index (κ1) is 42.1. The van der Waals surface area contributed by atoms with Gasteiger partial charge in [-0.05, 0) is 90.3 Å². The number of H-pyrrole nitrogens is 1. The molecule has 0 aliphatic rings. The van der Waals surface area contributed by atoms with Crippen molar-refractivity contribution >= 4 is 55.5 Å². The first-order valence-electron chi connectivity index (χ1n) is 18.7. The third-order valence-corrected chi connectivity index (χ3v) is 10.8. The summed E-state index contributed by atoms with van der Waals surface area (Å²) in [4.78, 5) is 14.6. The number of halogens is 1.